The van der Waals surface area contributed by atoms with Crippen LogP contribution in [0.4, 0.5) is 5.69 Å². The molecule has 7 heteroatoms. The molecule has 2 aromatic carbocycles. The molecule has 1 heterocycles. The number of aromatic hydroxyl groups is 1. The summed E-state index contributed by atoms with van der Waals surface area (Å²) in [5.41, 5.74) is 3.24. The lowest BCUT2D eigenvalue weighted by molar-refractivity contribution is -0.115. The molecule has 3 aromatic rings. The number of rotatable bonds is 4. The van der Waals surface area contributed by atoms with Gasteiger partial charge < -0.3 is 19.7 Å². The predicted molar refractivity (Wildman–Crippen MR) is 95.3 cm³/mol. The minimum Gasteiger partial charge on any atom is -0.505 e. The molecule has 0 aliphatic heterocycles. The number of phenols is 1. The number of carbonyl (C=O) groups excluding carboxylic acids is 2. The summed E-state index contributed by atoms with van der Waals surface area (Å²) in [6.45, 7) is 3.88. The smallest absolute Gasteiger partial charge is 0.341 e. The summed E-state index contributed by atoms with van der Waals surface area (Å²) in [7, 11) is 1.21. The van der Waals surface area contributed by atoms with Gasteiger partial charge in [0.25, 0.3) is 0 Å². The second kappa shape index (κ2) is 6.87. The molecule has 0 fully saturated rings. The first-order valence-electron chi connectivity index (χ1n) is 7.96. The number of aromatic nitrogens is 1. The van der Waals surface area contributed by atoms with Crippen molar-refractivity contribution < 1.29 is 24.0 Å². The summed E-state index contributed by atoms with van der Waals surface area (Å²) in [6.07, 6.45) is -0.0300. The number of benzene rings is 2. The third-order valence-corrected chi connectivity index (χ3v) is 4.02. The molecule has 0 saturated carbocycles. The van der Waals surface area contributed by atoms with Crippen LogP contribution in [-0.2, 0) is 16.0 Å². The second-order valence-corrected chi connectivity index (χ2v) is 6.01. The number of fused-ring (bicyclic) bond motifs is 1. The molecule has 0 aliphatic rings. The van der Waals surface area contributed by atoms with Crippen molar-refractivity contribution in [1.29, 1.82) is 0 Å². The van der Waals surface area contributed by atoms with Crippen LogP contribution in [-0.4, -0.2) is 29.2 Å². The number of phenolic OH excluding ortho intramolecular Hbond substituents is 1. The molecule has 2 N–H and O–H groups in total. The summed E-state index contributed by atoms with van der Waals surface area (Å²) in [6, 6.07) is 8.34. The van der Waals surface area contributed by atoms with Crippen LogP contribution in [0.1, 0.15) is 27.2 Å². The van der Waals surface area contributed by atoms with Crippen molar-refractivity contribution in [3.63, 3.8) is 0 Å². The Kier molecular flexibility index (Phi) is 4.62. The molecule has 134 valence electrons. The molecule has 0 bridgehead atoms. The van der Waals surface area contributed by atoms with E-state index >= 15 is 0 Å². The Labute approximate surface area is 149 Å². The number of carbonyl (C=O) groups is 2. The molecule has 7 nitrogen and oxygen atoms in total. The fourth-order valence-corrected chi connectivity index (χ4v) is 2.83. The van der Waals surface area contributed by atoms with E-state index in [2.05, 4.69) is 15.2 Å². The van der Waals surface area contributed by atoms with E-state index in [-0.39, 0.29) is 23.4 Å². The zero-order valence-electron chi connectivity index (χ0n) is 14.6. The Hall–Kier alpha value is -3.35. The quantitative estimate of drug-likeness (QED) is 0.551. The van der Waals surface area contributed by atoms with Gasteiger partial charge in [-0.15, -0.1) is 0 Å². The summed E-state index contributed by atoms with van der Waals surface area (Å²) < 4.78 is 9.93. The van der Waals surface area contributed by atoms with Crippen LogP contribution in [0.15, 0.2) is 34.9 Å². The molecule has 0 radical (unpaired) electrons. The number of para-hydroxylation sites is 1. The highest BCUT2D eigenvalue weighted by atomic mass is 16.5. The second-order valence-electron chi connectivity index (χ2n) is 6.01. The lowest BCUT2D eigenvalue weighted by Gasteiger charge is -2.09. The molecule has 1 aromatic heterocycles. The van der Waals surface area contributed by atoms with Crippen LogP contribution in [0.5, 0.6) is 5.75 Å². The number of amides is 1. The van der Waals surface area contributed by atoms with E-state index in [1.165, 1.54) is 19.2 Å². The van der Waals surface area contributed by atoms with Gasteiger partial charge >= 0.3 is 5.97 Å². The van der Waals surface area contributed by atoms with Gasteiger partial charge in [-0.25, -0.2) is 4.79 Å². The first kappa shape index (κ1) is 17.5. The monoisotopic (exact) mass is 354 g/mol. The molecule has 0 unspecified atom stereocenters. The molecule has 0 aliphatic carbocycles. The number of anilines is 1. The van der Waals surface area contributed by atoms with Gasteiger partial charge in [-0.1, -0.05) is 17.3 Å². The molecule has 26 heavy (non-hydrogen) atoms. The number of nitrogens with zero attached hydrogens (tertiary/aromatic N) is 1. The van der Waals surface area contributed by atoms with Crippen LogP contribution in [0.2, 0.25) is 0 Å². The fraction of sp³-hybridized carbons (Fsp3) is 0.211. The minimum atomic E-state index is -0.688. The Morgan fingerprint density at radius 2 is 2.04 bits per heavy atom. The maximum Gasteiger partial charge on any atom is 0.341 e. The minimum absolute atomic E-state index is 0.0246. The Bertz CT molecular complexity index is 1010. The molecular weight excluding hydrogens is 336 g/mol. The Morgan fingerprint density at radius 3 is 2.77 bits per heavy atom. The number of nitrogens with one attached hydrogen (secondary N) is 1. The van der Waals surface area contributed by atoms with Crippen LogP contribution >= 0.6 is 0 Å². The van der Waals surface area contributed by atoms with Gasteiger partial charge in [0, 0.05) is 5.39 Å². The number of methoxy groups -OCH3 is 1. The third-order valence-electron chi connectivity index (χ3n) is 4.02. The Morgan fingerprint density at radius 1 is 1.27 bits per heavy atom. The largest absolute Gasteiger partial charge is 0.505 e. The topological polar surface area (TPSA) is 102 Å². The number of hydrogen-bond donors (Lipinski definition) is 2. The van der Waals surface area contributed by atoms with Crippen LogP contribution < -0.4 is 5.32 Å². The van der Waals surface area contributed by atoms with E-state index in [0.717, 1.165) is 16.5 Å². The lowest BCUT2D eigenvalue weighted by atomic mass is 10.1. The van der Waals surface area contributed by atoms with Crippen molar-refractivity contribution in [3.8, 4) is 5.75 Å². The number of aryl methyl sites for hydroxylation is 2. The maximum atomic E-state index is 12.4. The number of esters is 1. The van der Waals surface area contributed by atoms with E-state index in [1.54, 1.807) is 6.07 Å². The van der Waals surface area contributed by atoms with Crippen molar-refractivity contribution in [1.82, 2.24) is 5.16 Å². The van der Waals surface area contributed by atoms with Crippen molar-refractivity contribution in [2.45, 2.75) is 20.3 Å². The summed E-state index contributed by atoms with van der Waals surface area (Å²) in [4.78, 5) is 24.0. The highest BCUT2D eigenvalue weighted by molar-refractivity contribution is 6.00. The highest BCUT2D eigenvalue weighted by Crippen LogP contribution is 2.29. The number of hydrogen-bond acceptors (Lipinski definition) is 6. The van der Waals surface area contributed by atoms with Crippen molar-refractivity contribution in [3.05, 3.63) is 52.7 Å². The highest BCUT2D eigenvalue weighted by Gasteiger charge is 2.18. The average Bonchev–Trinajstić information content (AvgIpc) is 2.99. The number of ether oxygens (including phenoxy) is 1. The predicted octanol–water partition coefficient (Wildman–Crippen LogP) is 3.12. The fourth-order valence-electron chi connectivity index (χ4n) is 2.83. The van der Waals surface area contributed by atoms with Crippen molar-refractivity contribution in [2.75, 3.05) is 12.4 Å². The van der Waals surface area contributed by atoms with E-state index < -0.39 is 11.9 Å². The van der Waals surface area contributed by atoms with E-state index in [1.807, 2.05) is 26.0 Å². The SMILES string of the molecule is COC(=O)c1cccc(NC(=O)Cc2noc3c(C)cc(C)cc23)c1O. The van der Waals surface area contributed by atoms with Gasteiger partial charge in [0.05, 0.1) is 19.2 Å². The van der Waals surface area contributed by atoms with Gasteiger partial charge in [0.15, 0.2) is 11.3 Å². The average molecular weight is 354 g/mol. The van der Waals surface area contributed by atoms with Crippen molar-refractivity contribution in [2.24, 2.45) is 0 Å². The molecule has 0 spiro atoms. The summed E-state index contributed by atoms with van der Waals surface area (Å²) in [5, 5.41) is 17.5. The van der Waals surface area contributed by atoms with Gasteiger partial charge in [-0.3, -0.25) is 4.79 Å². The first-order valence-corrected chi connectivity index (χ1v) is 7.96. The lowest BCUT2D eigenvalue weighted by Crippen LogP contribution is -2.15. The van der Waals surface area contributed by atoms with E-state index in [4.69, 9.17) is 4.52 Å². The third kappa shape index (κ3) is 3.23. The zero-order chi connectivity index (χ0) is 18.8. The van der Waals surface area contributed by atoms with Crippen LogP contribution in [0.3, 0.4) is 0 Å². The molecule has 0 atom stereocenters. The molecule has 3 rings (SSSR count). The van der Waals surface area contributed by atoms with E-state index in [9.17, 15) is 14.7 Å². The van der Waals surface area contributed by atoms with Crippen molar-refractivity contribution >= 4 is 28.5 Å². The molecule has 0 saturated heterocycles. The van der Waals surface area contributed by atoms with Crippen LogP contribution in [0, 0.1) is 13.8 Å². The summed E-state index contributed by atoms with van der Waals surface area (Å²) >= 11 is 0. The standard InChI is InChI=1S/C19H18N2O5/c1-10-7-11(2)18-13(8-10)15(21-26-18)9-16(22)20-14-6-4-5-12(17(14)23)19(24)25-3/h4-8,23H,9H2,1-3H3,(H,20,22). The Balaban J connectivity index is 1.83. The van der Waals surface area contributed by atoms with Gasteiger partial charge in [0.1, 0.15) is 11.3 Å². The maximum absolute atomic E-state index is 12.4. The van der Waals surface area contributed by atoms with Crippen LogP contribution in [0.25, 0.3) is 11.0 Å². The summed E-state index contributed by atoms with van der Waals surface area (Å²) in [5.74, 6) is -1.42. The van der Waals surface area contributed by atoms with Gasteiger partial charge in [0.2, 0.25) is 5.91 Å². The normalized spacial score (nSPS) is 10.7. The van der Waals surface area contributed by atoms with Gasteiger partial charge in [-0.05, 0) is 43.2 Å². The first-order chi connectivity index (χ1) is 12.4. The molecule has 1 amide bonds. The van der Waals surface area contributed by atoms with Gasteiger partial charge in [-0.2, -0.15) is 0 Å². The molecular formula is C19H18N2O5. The zero-order valence-corrected chi connectivity index (χ0v) is 14.6. The van der Waals surface area contributed by atoms with E-state index in [0.29, 0.717) is 11.3 Å².